The van der Waals surface area contributed by atoms with Crippen LogP contribution in [0.2, 0.25) is 0 Å². The maximum absolute atomic E-state index is 13.0. The molecule has 0 spiro atoms. The molecule has 2 aromatic rings. The number of amides is 1. The van der Waals surface area contributed by atoms with E-state index in [0.717, 1.165) is 24.2 Å². The number of para-hydroxylation sites is 1. The van der Waals surface area contributed by atoms with E-state index in [4.69, 9.17) is 0 Å². The van der Waals surface area contributed by atoms with E-state index < -0.39 is 0 Å². The molecule has 0 fully saturated rings. The third kappa shape index (κ3) is 2.60. The van der Waals surface area contributed by atoms with E-state index >= 15 is 0 Å². The van der Waals surface area contributed by atoms with Crippen LogP contribution >= 0.6 is 0 Å². The number of nitrogens with one attached hydrogen (secondary N) is 1. The summed E-state index contributed by atoms with van der Waals surface area (Å²) in [6.07, 6.45) is 0.834. The van der Waals surface area contributed by atoms with E-state index in [1.54, 1.807) is 0 Å². The molecule has 24 heavy (non-hydrogen) atoms. The van der Waals surface area contributed by atoms with Crippen molar-refractivity contribution < 1.29 is 4.79 Å². The van der Waals surface area contributed by atoms with Gasteiger partial charge in [0.25, 0.3) is 5.91 Å². The molecule has 0 saturated carbocycles. The Kier molecular flexibility index (Phi) is 4.39. The minimum Gasteiger partial charge on any atom is -0.361 e. The van der Waals surface area contributed by atoms with Gasteiger partial charge in [-0.2, -0.15) is 0 Å². The average Bonchev–Trinajstić information content (AvgIpc) is 2.84. The Labute approximate surface area is 144 Å². The smallest absolute Gasteiger partial charge is 0.257 e. The van der Waals surface area contributed by atoms with Crippen LogP contribution in [0.25, 0.3) is 0 Å². The monoisotopic (exact) mass is 325 g/mol. The number of rotatable bonds is 4. The molecule has 0 aliphatic carbocycles. The van der Waals surface area contributed by atoms with Gasteiger partial charge in [0.2, 0.25) is 0 Å². The van der Waals surface area contributed by atoms with E-state index in [2.05, 4.69) is 50.6 Å². The lowest BCUT2D eigenvalue weighted by Gasteiger charge is -2.38. The fourth-order valence-electron chi connectivity index (χ4n) is 3.88. The van der Waals surface area contributed by atoms with Crippen molar-refractivity contribution in [2.75, 3.05) is 11.9 Å². The summed E-state index contributed by atoms with van der Waals surface area (Å²) in [5, 5.41) is 3.59. The van der Waals surface area contributed by atoms with Gasteiger partial charge in [0.1, 0.15) is 6.17 Å². The molecule has 4 heteroatoms. The van der Waals surface area contributed by atoms with E-state index in [9.17, 15) is 4.79 Å². The van der Waals surface area contributed by atoms with Crippen molar-refractivity contribution in [1.29, 1.82) is 0 Å². The van der Waals surface area contributed by atoms with Crippen LogP contribution in [0, 0.1) is 13.8 Å². The first-order valence-electron chi connectivity index (χ1n) is 8.80. The predicted octanol–water partition coefficient (Wildman–Crippen LogP) is 4.66. The molecule has 1 aromatic carbocycles. The van der Waals surface area contributed by atoms with Crippen molar-refractivity contribution >= 4 is 11.6 Å². The summed E-state index contributed by atoms with van der Waals surface area (Å²) in [6, 6.07) is 10.4. The molecule has 1 aromatic heterocycles. The summed E-state index contributed by atoms with van der Waals surface area (Å²) in [5.74, 6) is 0.116. The third-order valence-corrected chi connectivity index (χ3v) is 4.82. The standard InChI is InChI=1S/C20H27N3O/c1-6-11-22-19(17-12-14(4)23(13(2)3)15(17)5)21-18-10-8-7-9-16(18)20(22)24/h7-10,12-13,19,21H,6,11H2,1-5H3/t19-/m1/s1. The zero-order valence-corrected chi connectivity index (χ0v) is 15.3. The number of anilines is 1. The normalized spacial score (nSPS) is 17.2. The minimum absolute atomic E-state index is 0.106. The van der Waals surface area contributed by atoms with Gasteiger partial charge in [-0.05, 0) is 52.3 Å². The maximum Gasteiger partial charge on any atom is 0.257 e. The number of benzene rings is 1. The third-order valence-electron chi connectivity index (χ3n) is 4.82. The second-order valence-corrected chi connectivity index (χ2v) is 6.88. The van der Waals surface area contributed by atoms with E-state index in [1.165, 1.54) is 17.0 Å². The number of aromatic nitrogens is 1. The first-order valence-corrected chi connectivity index (χ1v) is 8.80. The van der Waals surface area contributed by atoms with Crippen molar-refractivity contribution in [1.82, 2.24) is 9.47 Å². The largest absolute Gasteiger partial charge is 0.361 e. The molecule has 128 valence electrons. The molecule has 1 amide bonds. The molecule has 2 heterocycles. The molecule has 3 rings (SSSR count). The highest BCUT2D eigenvalue weighted by Crippen LogP contribution is 2.36. The first kappa shape index (κ1) is 16.6. The number of fused-ring (bicyclic) bond motifs is 1. The molecule has 1 aliphatic heterocycles. The first-order chi connectivity index (χ1) is 11.5. The van der Waals surface area contributed by atoms with Crippen LogP contribution in [-0.2, 0) is 0 Å². The number of hydrogen-bond donors (Lipinski definition) is 1. The zero-order chi connectivity index (χ0) is 17.4. The van der Waals surface area contributed by atoms with Gasteiger partial charge in [-0.15, -0.1) is 0 Å². The highest BCUT2D eigenvalue weighted by Gasteiger charge is 2.34. The molecule has 4 nitrogen and oxygen atoms in total. The van der Waals surface area contributed by atoms with Crippen LogP contribution in [0.15, 0.2) is 30.3 Å². The Morgan fingerprint density at radius 3 is 2.54 bits per heavy atom. The zero-order valence-electron chi connectivity index (χ0n) is 15.3. The SMILES string of the molecule is CCCN1C(=O)c2ccccc2N[C@H]1c1cc(C)n(C(C)C)c1C. The second kappa shape index (κ2) is 6.34. The molecule has 0 bridgehead atoms. The van der Waals surface area contributed by atoms with Crippen LogP contribution in [0.3, 0.4) is 0 Å². The Morgan fingerprint density at radius 1 is 1.21 bits per heavy atom. The fourth-order valence-corrected chi connectivity index (χ4v) is 3.88. The van der Waals surface area contributed by atoms with Crippen molar-refractivity contribution in [2.24, 2.45) is 0 Å². The Bertz CT molecular complexity index is 760. The highest BCUT2D eigenvalue weighted by atomic mass is 16.2. The molecule has 0 unspecified atom stereocenters. The van der Waals surface area contributed by atoms with Gasteiger partial charge >= 0.3 is 0 Å². The summed E-state index contributed by atoms with van der Waals surface area (Å²) in [5.41, 5.74) is 5.35. The van der Waals surface area contributed by atoms with Crippen molar-refractivity contribution in [3.8, 4) is 0 Å². The Balaban J connectivity index is 2.09. The summed E-state index contributed by atoms with van der Waals surface area (Å²) < 4.78 is 2.34. The van der Waals surface area contributed by atoms with Gasteiger partial charge in [0.15, 0.2) is 0 Å². The molecule has 1 atom stereocenters. The molecular formula is C20H27N3O. The van der Waals surface area contributed by atoms with Gasteiger partial charge in [0.05, 0.1) is 5.56 Å². The van der Waals surface area contributed by atoms with Crippen LogP contribution in [0.4, 0.5) is 5.69 Å². The van der Waals surface area contributed by atoms with Gasteiger partial charge in [-0.1, -0.05) is 19.1 Å². The molecule has 1 N–H and O–H groups in total. The summed E-state index contributed by atoms with van der Waals surface area (Å²) in [4.78, 5) is 15.0. The molecular weight excluding hydrogens is 298 g/mol. The summed E-state index contributed by atoms with van der Waals surface area (Å²) in [7, 11) is 0. The Morgan fingerprint density at radius 2 is 1.92 bits per heavy atom. The van der Waals surface area contributed by atoms with Crippen LogP contribution in [-0.4, -0.2) is 21.9 Å². The van der Waals surface area contributed by atoms with Crippen molar-refractivity contribution in [2.45, 2.75) is 53.2 Å². The van der Waals surface area contributed by atoms with Crippen molar-refractivity contribution in [3.05, 3.63) is 52.8 Å². The lowest BCUT2D eigenvalue weighted by Crippen LogP contribution is -2.43. The van der Waals surface area contributed by atoms with Gasteiger partial charge in [0, 0.05) is 35.2 Å². The fraction of sp³-hybridized carbons (Fsp3) is 0.450. The molecule has 0 saturated heterocycles. The van der Waals surface area contributed by atoms with Gasteiger partial charge in [-0.3, -0.25) is 4.79 Å². The topological polar surface area (TPSA) is 37.3 Å². The summed E-state index contributed by atoms with van der Waals surface area (Å²) in [6.45, 7) is 11.5. The van der Waals surface area contributed by atoms with E-state index in [1.807, 2.05) is 29.2 Å². The van der Waals surface area contributed by atoms with Crippen LogP contribution < -0.4 is 5.32 Å². The molecule has 0 radical (unpaired) electrons. The maximum atomic E-state index is 13.0. The quantitative estimate of drug-likeness (QED) is 0.887. The van der Waals surface area contributed by atoms with Crippen LogP contribution in [0.5, 0.6) is 0 Å². The predicted molar refractivity (Wildman–Crippen MR) is 98.4 cm³/mol. The lowest BCUT2D eigenvalue weighted by molar-refractivity contribution is 0.0683. The van der Waals surface area contributed by atoms with Gasteiger partial charge < -0.3 is 14.8 Å². The lowest BCUT2D eigenvalue weighted by atomic mass is 10.0. The highest BCUT2D eigenvalue weighted by molar-refractivity contribution is 6.01. The Hall–Kier alpha value is -2.23. The minimum atomic E-state index is -0.106. The van der Waals surface area contributed by atoms with E-state index in [0.29, 0.717) is 6.04 Å². The number of hydrogen-bond acceptors (Lipinski definition) is 2. The van der Waals surface area contributed by atoms with E-state index in [-0.39, 0.29) is 12.1 Å². The van der Waals surface area contributed by atoms with Gasteiger partial charge in [-0.25, -0.2) is 0 Å². The number of nitrogens with zero attached hydrogens (tertiary/aromatic N) is 2. The average molecular weight is 325 g/mol. The van der Waals surface area contributed by atoms with Crippen molar-refractivity contribution in [3.63, 3.8) is 0 Å². The summed E-state index contributed by atoms with van der Waals surface area (Å²) >= 11 is 0. The second-order valence-electron chi connectivity index (χ2n) is 6.88. The molecule has 1 aliphatic rings. The number of carbonyl (C=O) groups is 1. The number of carbonyl (C=O) groups excluding carboxylic acids is 1. The number of aryl methyl sites for hydroxylation is 1. The van der Waals surface area contributed by atoms with Crippen LogP contribution in [0.1, 0.15) is 66.7 Å².